The van der Waals surface area contributed by atoms with Gasteiger partial charge in [0.05, 0.1) is 5.92 Å². The van der Waals surface area contributed by atoms with Crippen LogP contribution in [0, 0.1) is 5.92 Å². The fourth-order valence-corrected chi connectivity index (χ4v) is 3.26. The fraction of sp³-hybridized carbons (Fsp3) is 0.533. The summed E-state index contributed by atoms with van der Waals surface area (Å²) in [6.07, 6.45) is 1.00. The van der Waals surface area contributed by atoms with E-state index in [-0.39, 0.29) is 23.9 Å². The predicted molar refractivity (Wildman–Crippen MR) is 87.0 cm³/mol. The average molecular weight is 353 g/mol. The van der Waals surface area contributed by atoms with Crippen LogP contribution in [0.2, 0.25) is 0 Å². The number of nitrogens with zero attached hydrogens (tertiary/aromatic N) is 1. The Bertz CT molecular complexity index is 507. The molecule has 3 rings (SSSR count). The molecule has 3 atom stereocenters. The first-order chi connectivity index (χ1) is 10.1. The molecule has 2 aliphatic heterocycles. The molecule has 2 aliphatic rings. The maximum atomic E-state index is 12.3. The second-order valence-electron chi connectivity index (χ2n) is 5.84. The van der Waals surface area contributed by atoms with E-state index >= 15 is 0 Å². The van der Waals surface area contributed by atoms with Gasteiger partial charge in [-0.2, -0.15) is 0 Å². The van der Waals surface area contributed by atoms with Gasteiger partial charge in [-0.3, -0.25) is 15.6 Å². The molecule has 1 aromatic rings. The number of halogens is 1. The molecule has 3 unspecified atom stereocenters. The van der Waals surface area contributed by atoms with E-state index in [1.54, 1.807) is 0 Å². The molecule has 0 bridgehead atoms. The number of rotatable bonds is 3. The van der Waals surface area contributed by atoms with Crippen molar-refractivity contribution in [1.82, 2.24) is 16.2 Å². The van der Waals surface area contributed by atoms with Crippen LogP contribution >= 0.6 is 15.9 Å². The number of carbonyl (C=O) groups excluding carboxylic acids is 1. The molecule has 0 spiro atoms. The lowest BCUT2D eigenvalue weighted by Crippen LogP contribution is -2.44. The molecular weight excluding hydrogens is 332 g/mol. The Morgan fingerprint density at radius 3 is 2.81 bits per heavy atom. The molecule has 5 nitrogen and oxygen atoms in total. The van der Waals surface area contributed by atoms with Crippen LogP contribution in [0.4, 0.5) is 5.69 Å². The summed E-state index contributed by atoms with van der Waals surface area (Å²) < 4.78 is 1.09. The molecule has 114 valence electrons. The molecule has 21 heavy (non-hydrogen) atoms. The summed E-state index contributed by atoms with van der Waals surface area (Å²) in [5, 5.41) is 3.19. The third-order valence-electron chi connectivity index (χ3n) is 4.32. The van der Waals surface area contributed by atoms with Crippen LogP contribution in [0.25, 0.3) is 0 Å². The summed E-state index contributed by atoms with van der Waals surface area (Å²) in [7, 11) is 0. The van der Waals surface area contributed by atoms with Gasteiger partial charge in [-0.25, -0.2) is 0 Å². The first-order valence-electron chi connectivity index (χ1n) is 7.43. The lowest BCUT2D eigenvalue weighted by Gasteiger charge is -2.20. The summed E-state index contributed by atoms with van der Waals surface area (Å²) >= 11 is 3.45. The minimum atomic E-state index is 0.0201. The predicted octanol–water partition coefficient (Wildman–Crippen LogP) is 1.26. The lowest BCUT2D eigenvalue weighted by molar-refractivity contribution is -0.125. The van der Waals surface area contributed by atoms with Crippen molar-refractivity contribution in [2.45, 2.75) is 25.4 Å². The topological polar surface area (TPSA) is 56.4 Å². The number of hydrogen-bond acceptors (Lipinski definition) is 4. The molecule has 2 heterocycles. The quantitative estimate of drug-likeness (QED) is 0.766. The van der Waals surface area contributed by atoms with Crippen molar-refractivity contribution in [3.63, 3.8) is 0 Å². The Morgan fingerprint density at radius 1 is 1.38 bits per heavy atom. The van der Waals surface area contributed by atoms with Crippen LogP contribution < -0.4 is 21.1 Å². The molecule has 0 aliphatic carbocycles. The zero-order valence-corrected chi connectivity index (χ0v) is 13.7. The molecule has 1 amide bonds. The van der Waals surface area contributed by atoms with E-state index in [1.807, 2.05) is 6.92 Å². The summed E-state index contributed by atoms with van der Waals surface area (Å²) in [6.45, 7) is 4.61. The monoisotopic (exact) mass is 352 g/mol. The third kappa shape index (κ3) is 3.39. The van der Waals surface area contributed by atoms with Gasteiger partial charge in [0.1, 0.15) is 0 Å². The Morgan fingerprint density at radius 2 is 2.14 bits per heavy atom. The van der Waals surface area contributed by atoms with Crippen LogP contribution in [0.3, 0.4) is 0 Å². The normalized spacial score (nSPS) is 28.9. The minimum Gasteiger partial charge on any atom is -0.369 e. The van der Waals surface area contributed by atoms with Gasteiger partial charge in [0.15, 0.2) is 0 Å². The summed E-state index contributed by atoms with van der Waals surface area (Å²) in [5.74, 6) is 0.175. The van der Waals surface area contributed by atoms with Crippen molar-refractivity contribution in [3.8, 4) is 0 Å². The standard InChI is InChI=1S/C15H21BrN4O/c1-10-14(8-17-19-10)15(21)18-12-6-7-20(9-12)13-4-2-11(16)3-5-13/h2-5,10,12,14,17,19H,6-9H2,1H3,(H,18,21). The second kappa shape index (κ2) is 6.34. The highest BCUT2D eigenvalue weighted by atomic mass is 79.9. The molecule has 2 saturated heterocycles. The molecular formula is C15H21BrN4O. The molecule has 3 N–H and O–H groups in total. The Labute approximate surface area is 133 Å². The summed E-state index contributed by atoms with van der Waals surface area (Å²) in [5.41, 5.74) is 7.35. The van der Waals surface area contributed by atoms with Crippen LogP contribution in [-0.2, 0) is 4.79 Å². The van der Waals surface area contributed by atoms with Gasteiger partial charge in [0.25, 0.3) is 0 Å². The number of nitrogens with one attached hydrogen (secondary N) is 3. The largest absolute Gasteiger partial charge is 0.369 e. The van der Waals surface area contributed by atoms with Crippen LogP contribution in [0.5, 0.6) is 0 Å². The zero-order chi connectivity index (χ0) is 14.8. The van der Waals surface area contributed by atoms with Gasteiger partial charge < -0.3 is 10.2 Å². The Balaban J connectivity index is 1.55. The van der Waals surface area contributed by atoms with Crippen molar-refractivity contribution in [1.29, 1.82) is 0 Å². The number of amides is 1. The molecule has 6 heteroatoms. The fourth-order valence-electron chi connectivity index (χ4n) is 3.00. The molecule has 0 radical (unpaired) electrons. The molecule has 0 saturated carbocycles. The van der Waals surface area contributed by atoms with Crippen molar-refractivity contribution < 1.29 is 4.79 Å². The highest BCUT2D eigenvalue weighted by Crippen LogP contribution is 2.22. The molecule has 0 aromatic heterocycles. The SMILES string of the molecule is CC1NNCC1C(=O)NC1CCN(c2ccc(Br)cc2)C1. The Hall–Kier alpha value is -1.11. The van der Waals surface area contributed by atoms with E-state index in [1.165, 1.54) is 5.69 Å². The van der Waals surface area contributed by atoms with Crippen LogP contribution in [-0.4, -0.2) is 37.6 Å². The van der Waals surface area contributed by atoms with Gasteiger partial charge in [-0.05, 0) is 37.6 Å². The third-order valence-corrected chi connectivity index (χ3v) is 4.85. The highest BCUT2D eigenvalue weighted by molar-refractivity contribution is 9.10. The maximum Gasteiger partial charge on any atom is 0.226 e. The van der Waals surface area contributed by atoms with Crippen LogP contribution in [0.15, 0.2) is 28.7 Å². The van der Waals surface area contributed by atoms with E-state index in [0.29, 0.717) is 6.54 Å². The van der Waals surface area contributed by atoms with E-state index in [2.05, 4.69) is 61.3 Å². The van der Waals surface area contributed by atoms with Gasteiger partial charge >= 0.3 is 0 Å². The van der Waals surface area contributed by atoms with Crippen molar-refractivity contribution in [2.75, 3.05) is 24.5 Å². The molecule has 1 aromatic carbocycles. The Kier molecular flexibility index (Phi) is 4.47. The van der Waals surface area contributed by atoms with Crippen molar-refractivity contribution >= 4 is 27.5 Å². The highest BCUT2D eigenvalue weighted by Gasteiger charge is 2.32. The molecule has 2 fully saturated rings. The first-order valence-corrected chi connectivity index (χ1v) is 8.22. The van der Waals surface area contributed by atoms with E-state index in [9.17, 15) is 4.79 Å². The average Bonchev–Trinajstić information content (AvgIpc) is 3.09. The lowest BCUT2D eigenvalue weighted by atomic mass is 10.0. The second-order valence-corrected chi connectivity index (χ2v) is 6.75. The van der Waals surface area contributed by atoms with E-state index in [0.717, 1.165) is 24.0 Å². The number of anilines is 1. The van der Waals surface area contributed by atoms with Crippen LogP contribution in [0.1, 0.15) is 13.3 Å². The smallest absolute Gasteiger partial charge is 0.226 e. The maximum absolute atomic E-state index is 12.3. The van der Waals surface area contributed by atoms with Crippen molar-refractivity contribution in [2.24, 2.45) is 5.92 Å². The number of benzene rings is 1. The summed E-state index contributed by atoms with van der Waals surface area (Å²) in [4.78, 5) is 14.6. The van der Waals surface area contributed by atoms with Gasteiger partial charge in [-0.1, -0.05) is 15.9 Å². The van der Waals surface area contributed by atoms with Gasteiger partial charge in [-0.15, -0.1) is 0 Å². The summed E-state index contributed by atoms with van der Waals surface area (Å²) in [6, 6.07) is 8.77. The van der Waals surface area contributed by atoms with E-state index < -0.39 is 0 Å². The first kappa shape index (κ1) is 14.8. The number of hydrogen-bond donors (Lipinski definition) is 3. The van der Waals surface area contributed by atoms with Gasteiger partial charge in [0.2, 0.25) is 5.91 Å². The van der Waals surface area contributed by atoms with E-state index in [4.69, 9.17) is 0 Å². The van der Waals surface area contributed by atoms with Crippen molar-refractivity contribution in [3.05, 3.63) is 28.7 Å². The zero-order valence-electron chi connectivity index (χ0n) is 12.1. The number of carbonyl (C=O) groups is 1. The van der Waals surface area contributed by atoms with Gasteiger partial charge in [0, 0.05) is 41.9 Å². The minimum absolute atomic E-state index is 0.0201. The number of hydrazine groups is 1.